The van der Waals surface area contributed by atoms with Gasteiger partial charge in [-0.3, -0.25) is 14.5 Å². The van der Waals surface area contributed by atoms with Gasteiger partial charge in [0.1, 0.15) is 0 Å². The highest BCUT2D eigenvalue weighted by molar-refractivity contribution is 14.0. The first-order chi connectivity index (χ1) is 14.0. The van der Waals surface area contributed by atoms with Crippen LogP contribution in [0.3, 0.4) is 0 Å². The molecule has 1 aromatic rings. The topological polar surface area (TPSA) is 83.8 Å². The highest BCUT2D eigenvalue weighted by Crippen LogP contribution is 2.27. The zero-order valence-electron chi connectivity index (χ0n) is 18.7. The van der Waals surface area contributed by atoms with Crippen molar-refractivity contribution in [2.24, 2.45) is 10.9 Å². The first-order valence-electron chi connectivity index (χ1n) is 10.8. The van der Waals surface area contributed by atoms with Gasteiger partial charge >= 0.3 is 0 Å². The van der Waals surface area contributed by atoms with Crippen LogP contribution in [0.2, 0.25) is 0 Å². The third kappa shape index (κ3) is 6.09. The molecule has 0 bridgehead atoms. The molecule has 8 nitrogen and oxygen atoms in total. The molecule has 0 radical (unpaired) electrons. The predicted octanol–water partition coefficient (Wildman–Crippen LogP) is 2.22. The van der Waals surface area contributed by atoms with Gasteiger partial charge < -0.3 is 20.3 Å². The first kappa shape index (κ1) is 24.9. The fourth-order valence-corrected chi connectivity index (χ4v) is 4.45. The van der Waals surface area contributed by atoms with E-state index in [0.29, 0.717) is 19.1 Å². The van der Waals surface area contributed by atoms with E-state index in [4.69, 9.17) is 4.74 Å². The fourth-order valence-electron chi connectivity index (χ4n) is 4.45. The zero-order valence-corrected chi connectivity index (χ0v) is 21.1. The number of carbonyl (C=O) groups excluding carboxylic acids is 1. The summed E-state index contributed by atoms with van der Waals surface area (Å²) < 4.78 is 7.16. The summed E-state index contributed by atoms with van der Waals surface area (Å²) in [5, 5.41) is 11.5. The van der Waals surface area contributed by atoms with Crippen molar-refractivity contribution < 1.29 is 9.53 Å². The third-order valence-electron chi connectivity index (χ3n) is 6.24. The molecule has 2 aliphatic rings. The minimum Gasteiger partial charge on any atom is -0.383 e. The number of hydrogen-bond acceptors (Lipinski definition) is 4. The predicted molar refractivity (Wildman–Crippen MR) is 129 cm³/mol. The Kier molecular flexibility index (Phi) is 9.86. The number of aromatic nitrogens is 2. The lowest BCUT2D eigenvalue weighted by molar-refractivity contribution is -0.134. The van der Waals surface area contributed by atoms with Crippen molar-refractivity contribution >= 4 is 35.8 Å². The van der Waals surface area contributed by atoms with Crippen LogP contribution in [0.1, 0.15) is 49.1 Å². The van der Waals surface area contributed by atoms with E-state index >= 15 is 0 Å². The number of nitrogens with zero attached hydrogens (tertiary/aromatic N) is 4. The maximum Gasteiger partial charge on any atom is 0.225 e. The molecule has 0 spiro atoms. The van der Waals surface area contributed by atoms with Crippen molar-refractivity contribution in [3.05, 3.63) is 17.0 Å². The Labute approximate surface area is 197 Å². The molecule has 0 aromatic carbocycles. The van der Waals surface area contributed by atoms with Gasteiger partial charge in [0.15, 0.2) is 5.96 Å². The fraction of sp³-hybridized carbons (Fsp3) is 0.762. The van der Waals surface area contributed by atoms with Crippen molar-refractivity contribution in [1.29, 1.82) is 0 Å². The number of nitrogens with one attached hydrogen (secondary N) is 2. The van der Waals surface area contributed by atoms with E-state index in [9.17, 15) is 4.79 Å². The SMILES string of the molecule is CN=C(NCc1c(C)nn(CCOC)c1C)NC1CCN(C(=O)C2CCCC2)C1.I. The average molecular weight is 532 g/mol. The summed E-state index contributed by atoms with van der Waals surface area (Å²) in [6.07, 6.45) is 5.49. The van der Waals surface area contributed by atoms with Crippen LogP contribution in [0, 0.1) is 19.8 Å². The van der Waals surface area contributed by atoms with Crippen LogP contribution in [-0.2, 0) is 22.6 Å². The number of rotatable bonds is 7. The summed E-state index contributed by atoms with van der Waals surface area (Å²) in [5.74, 6) is 1.38. The smallest absolute Gasteiger partial charge is 0.225 e. The lowest BCUT2D eigenvalue weighted by atomic mass is 10.1. The largest absolute Gasteiger partial charge is 0.383 e. The molecule has 1 aromatic heterocycles. The first-order valence-corrected chi connectivity index (χ1v) is 10.8. The van der Waals surface area contributed by atoms with Crippen LogP contribution >= 0.6 is 24.0 Å². The highest BCUT2D eigenvalue weighted by atomic mass is 127. The number of hydrogen-bond donors (Lipinski definition) is 2. The molecule has 3 rings (SSSR count). The molecule has 1 aliphatic carbocycles. The van der Waals surface area contributed by atoms with Gasteiger partial charge in [0.25, 0.3) is 0 Å². The van der Waals surface area contributed by atoms with Crippen LogP contribution < -0.4 is 10.6 Å². The molecule has 2 N–H and O–H groups in total. The summed E-state index contributed by atoms with van der Waals surface area (Å²) >= 11 is 0. The molecule has 1 amide bonds. The van der Waals surface area contributed by atoms with Crippen molar-refractivity contribution in [1.82, 2.24) is 25.3 Å². The van der Waals surface area contributed by atoms with E-state index in [1.807, 2.05) is 16.5 Å². The summed E-state index contributed by atoms with van der Waals surface area (Å²) in [4.78, 5) is 19.1. The van der Waals surface area contributed by atoms with Gasteiger partial charge in [-0.05, 0) is 33.1 Å². The van der Waals surface area contributed by atoms with Crippen LogP contribution in [0.15, 0.2) is 4.99 Å². The second-order valence-electron chi connectivity index (χ2n) is 8.19. The number of likely N-dealkylation sites (tertiary alicyclic amines) is 1. The van der Waals surface area contributed by atoms with Gasteiger partial charge in [0.2, 0.25) is 5.91 Å². The van der Waals surface area contributed by atoms with Gasteiger partial charge in [0.05, 0.1) is 18.8 Å². The molecule has 30 heavy (non-hydrogen) atoms. The number of aryl methyl sites for hydroxylation is 1. The Morgan fingerprint density at radius 3 is 2.67 bits per heavy atom. The Morgan fingerprint density at radius 2 is 2.00 bits per heavy atom. The lowest BCUT2D eigenvalue weighted by Gasteiger charge is -2.21. The Balaban J connectivity index is 0.00000320. The van der Waals surface area contributed by atoms with Gasteiger partial charge in [-0.15, -0.1) is 24.0 Å². The minimum absolute atomic E-state index is 0. The monoisotopic (exact) mass is 532 g/mol. The maximum atomic E-state index is 12.6. The quantitative estimate of drug-likeness (QED) is 0.320. The van der Waals surface area contributed by atoms with Crippen molar-refractivity contribution in [2.75, 3.05) is 33.9 Å². The van der Waals surface area contributed by atoms with Gasteiger partial charge in [-0.2, -0.15) is 5.10 Å². The number of carbonyl (C=O) groups is 1. The average Bonchev–Trinajstić information content (AvgIpc) is 3.45. The maximum absolute atomic E-state index is 12.6. The second kappa shape index (κ2) is 11.9. The Bertz CT molecular complexity index is 729. The van der Waals surface area contributed by atoms with E-state index in [2.05, 4.69) is 27.6 Å². The standard InChI is InChI=1S/C21H36N6O2.HI/c1-15-19(16(2)27(25-15)11-12-29-4)13-23-21(22-3)24-18-9-10-26(14-18)20(28)17-7-5-6-8-17;/h17-18H,5-14H2,1-4H3,(H2,22,23,24);1H. The summed E-state index contributed by atoms with van der Waals surface area (Å²) in [6, 6.07) is 0.248. The lowest BCUT2D eigenvalue weighted by Crippen LogP contribution is -2.45. The normalized spacial score (nSPS) is 19.8. The molecule has 2 heterocycles. The van der Waals surface area contributed by atoms with Crippen molar-refractivity contribution in [3.63, 3.8) is 0 Å². The Morgan fingerprint density at radius 1 is 1.27 bits per heavy atom. The summed E-state index contributed by atoms with van der Waals surface area (Å²) in [6.45, 7) is 7.80. The second-order valence-corrected chi connectivity index (χ2v) is 8.19. The van der Waals surface area contributed by atoms with Crippen molar-refractivity contribution in [3.8, 4) is 0 Å². The van der Waals surface area contributed by atoms with Crippen LogP contribution in [0.4, 0.5) is 0 Å². The number of ether oxygens (including phenoxy) is 1. The van der Waals surface area contributed by atoms with E-state index in [-0.39, 0.29) is 35.9 Å². The molecule has 1 unspecified atom stereocenters. The molecule has 2 fully saturated rings. The molecule has 1 saturated carbocycles. The third-order valence-corrected chi connectivity index (χ3v) is 6.24. The van der Waals surface area contributed by atoms with Gasteiger partial charge in [-0.1, -0.05) is 12.8 Å². The van der Waals surface area contributed by atoms with Gasteiger partial charge in [0, 0.05) is 57.0 Å². The molecule has 1 aliphatic heterocycles. The molecule has 1 saturated heterocycles. The number of halogens is 1. The Hall–Kier alpha value is -1.36. The van der Waals surface area contributed by atoms with E-state index in [1.165, 1.54) is 18.4 Å². The van der Waals surface area contributed by atoms with E-state index < -0.39 is 0 Å². The minimum atomic E-state index is 0. The van der Waals surface area contributed by atoms with Crippen LogP contribution in [0.25, 0.3) is 0 Å². The van der Waals surface area contributed by atoms with E-state index in [1.54, 1.807) is 14.2 Å². The highest BCUT2D eigenvalue weighted by Gasteiger charge is 2.32. The zero-order chi connectivity index (χ0) is 20.8. The van der Waals surface area contributed by atoms with Gasteiger partial charge in [-0.25, -0.2) is 0 Å². The number of methoxy groups -OCH3 is 1. The summed E-state index contributed by atoms with van der Waals surface area (Å²) in [7, 11) is 3.49. The number of aliphatic imine (C=N–C) groups is 1. The molecular formula is C21H37IN6O2. The number of guanidine groups is 1. The number of amides is 1. The van der Waals surface area contributed by atoms with Crippen LogP contribution in [-0.4, -0.2) is 66.4 Å². The van der Waals surface area contributed by atoms with Crippen molar-refractivity contribution in [2.45, 2.75) is 65.1 Å². The molecule has 170 valence electrons. The molecule has 9 heteroatoms. The molecule has 1 atom stereocenters. The summed E-state index contributed by atoms with van der Waals surface area (Å²) in [5.41, 5.74) is 3.36. The van der Waals surface area contributed by atoms with E-state index in [0.717, 1.165) is 56.2 Å². The van der Waals surface area contributed by atoms with Crippen LogP contribution in [0.5, 0.6) is 0 Å². The molecular weight excluding hydrogens is 495 g/mol.